The molecule has 1 N–H and O–H groups in total. The minimum atomic E-state index is -4.54. The number of hydrogen-bond donors (Lipinski definition) is 1. The molecule has 1 heterocycles. The maximum atomic E-state index is 13.1. The van der Waals surface area contributed by atoms with Gasteiger partial charge < -0.3 is 10.2 Å². The lowest BCUT2D eigenvalue weighted by molar-refractivity contribution is -0.137. The summed E-state index contributed by atoms with van der Waals surface area (Å²) in [5.74, 6) is 0.00156. The molecule has 1 fully saturated rings. The maximum absolute atomic E-state index is 13.1. The van der Waals surface area contributed by atoms with Crippen LogP contribution in [-0.2, 0) is 24.2 Å². The molecule has 0 saturated carbocycles. The van der Waals surface area contributed by atoms with Crippen molar-refractivity contribution < 1.29 is 22.4 Å². The third-order valence-electron chi connectivity index (χ3n) is 4.89. The topological polar surface area (TPSA) is 32.3 Å². The van der Waals surface area contributed by atoms with Crippen LogP contribution in [0.4, 0.5) is 17.6 Å². The zero-order chi connectivity index (χ0) is 20.3. The van der Waals surface area contributed by atoms with E-state index >= 15 is 0 Å². The maximum Gasteiger partial charge on any atom is 0.416 e. The summed E-state index contributed by atoms with van der Waals surface area (Å²) in [6, 6.07) is 10.1. The van der Waals surface area contributed by atoms with Gasteiger partial charge in [0.15, 0.2) is 0 Å². The Morgan fingerprint density at radius 2 is 1.89 bits per heavy atom. The van der Waals surface area contributed by atoms with Crippen LogP contribution in [0.1, 0.15) is 29.5 Å². The van der Waals surface area contributed by atoms with Gasteiger partial charge in [0.2, 0.25) is 5.91 Å². The number of rotatable bonds is 5. The molecule has 1 aliphatic heterocycles. The van der Waals surface area contributed by atoms with Crippen LogP contribution in [0.2, 0.25) is 0 Å². The molecular weight excluding hydrogens is 372 g/mol. The molecule has 0 spiro atoms. The summed E-state index contributed by atoms with van der Waals surface area (Å²) in [6.45, 7) is 0.203. The van der Waals surface area contributed by atoms with Gasteiger partial charge in [0.05, 0.1) is 11.6 Å². The third-order valence-corrected chi connectivity index (χ3v) is 4.89. The highest BCUT2D eigenvalue weighted by Crippen LogP contribution is 2.34. The Kier molecular flexibility index (Phi) is 6.03. The molecular formula is C21H22F4N2O. The van der Waals surface area contributed by atoms with Gasteiger partial charge in [-0.05, 0) is 65.9 Å². The fourth-order valence-corrected chi connectivity index (χ4v) is 3.46. The number of nitrogens with zero attached hydrogens (tertiary/aromatic N) is 1. The van der Waals surface area contributed by atoms with Crippen LogP contribution in [0.15, 0.2) is 42.5 Å². The minimum Gasteiger partial charge on any atom is -0.340 e. The summed E-state index contributed by atoms with van der Waals surface area (Å²) in [5.41, 5.74) is 0.761. The van der Waals surface area contributed by atoms with Gasteiger partial charge in [-0.1, -0.05) is 18.2 Å². The van der Waals surface area contributed by atoms with Crippen LogP contribution in [-0.4, -0.2) is 30.4 Å². The van der Waals surface area contributed by atoms with Crippen molar-refractivity contribution in [2.45, 2.75) is 38.3 Å². The minimum absolute atomic E-state index is 0.00156. The quantitative estimate of drug-likeness (QED) is 0.755. The van der Waals surface area contributed by atoms with Crippen LogP contribution >= 0.6 is 0 Å². The molecule has 3 rings (SSSR count). The van der Waals surface area contributed by atoms with Crippen LogP contribution in [0.5, 0.6) is 0 Å². The SMILES string of the molecule is CN(Cc1cccc(-c2cc(CF)cc(C(F)(F)F)c2)c1)C(=O)[C@@H]1CCCN1. The van der Waals surface area contributed by atoms with Crippen molar-refractivity contribution in [3.05, 3.63) is 59.2 Å². The number of carbonyl (C=O) groups excluding carboxylic acids is 1. The number of halogens is 4. The lowest BCUT2D eigenvalue weighted by Crippen LogP contribution is -2.41. The smallest absolute Gasteiger partial charge is 0.340 e. The Bertz CT molecular complexity index is 845. The summed E-state index contributed by atoms with van der Waals surface area (Å²) in [6.07, 6.45) is -2.77. The molecule has 0 aliphatic carbocycles. The number of hydrogen-bond acceptors (Lipinski definition) is 2. The Labute approximate surface area is 161 Å². The first-order valence-electron chi connectivity index (χ1n) is 9.13. The molecule has 1 aliphatic rings. The highest BCUT2D eigenvalue weighted by molar-refractivity contribution is 5.82. The van der Waals surface area contributed by atoms with E-state index in [4.69, 9.17) is 0 Å². The van der Waals surface area contributed by atoms with Crippen molar-refractivity contribution >= 4 is 5.91 Å². The summed E-state index contributed by atoms with van der Waals surface area (Å²) in [7, 11) is 1.71. The van der Waals surface area contributed by atoms with E-state index in [2.05, 4.69) is 5.32 Å². The third kappa shape index (κ3) is 4.70. The van der Waals surface area contributed by atoms with Gasteiger partial charge in [0, 0.05) is 13.6 Å². The van der Waals surface area contributed by atoms with Crippen molar-refractivity contribution in [1.82, 2.24) is 10.2 Å². The van der Waals surface area contributed by atoms with Crippen molar-refractivity contribution in [3.8, 4) is 11.1 Å². The average Bonchev–Trinajstić information content (AvgIpc) is 3.21. The second-order valence-corrected chi connectivity index (χ2v) is 7.09. The molecule has 2 aromatic rings. The van der Waals surface area contributed by atoms with E-state index in [9.17, 15) is 22.4 Å². The predicted molar refractivity (Wildman–Crippen MR) is 99.2 cm³/mol. The summed E-state index contributed by atoms with van der Waals surface area (Å²) in [4.78, 5) is 14.1. The molecule has 2 aromatic carbocycles. The Morgan fingerprint density at radius 1 is 1.14 bits per heavy atom. The second-order valence-electron chi connectivity index (χ2n) is 7.09. The Hall–Kier alpha value is -2.41. The molecule has 150 valence electrons. The zero-order valence-electron chi connectivity index (χ0n) is 15.5. The molecule has 1 saturated heterocycles. The van der Waals surface area contributed by atoms with Gasteiger partial charge in [-0.25, -0.2) is 4.39 Å². The van der Waals surface area contributed by atoms with E-state index in [0.717, 1.165) is 37.1 Å². The molecule has 0 radical (unpaired) electrons. The first-order valence-corrected chi connectivity index (χ1v) is 9.13. The summed E-state index contributed by atoms with van der Waals surface area (Å²) >= 11 is 0. The molecule has 1 atom stereocenters. The molecule has 1 amide bonds. The number of carbonyl (C=O) groups is 1. The lowest BCUT2D eigenvalue weighted by Gasteiger charge is -2.21. The number of benzene rings is 2. The normalized spacial score (nSPS) is 17.0. The first-order chi connectivity index (χ1) is 13.3. The first kappa shape index (κ1) is 20.3. The van der Waals surface area contributed by atoms with Gasteiger partial charge in [-0.3, -0.25) is 4.79 Å². The van der Waals surface area contributed by atoms with Gasteiger partial charge in [-0.15, -0.1) is 0 Å². The Balaban J connectivity index is 1.84. The molecule has 28 heavy (non-hydrogen) atoms. The van der Waals surface area contributed by atoms with Crippen molar-refractivity contribution in [3.63, 3.8) is 0 Å². The zero-order valence-corrected chi connectivity index (χ0v) is 15.5. The van der Waals surface area contributed by atoms with E-state index in [-0.39, 0.29) is 17.5 Å². The van der Waals surface area contributed by atoms with Gasteiger partial charge >= 0.3 is 6.18 Å². The van der Waals surface area contributed by atoms with Crippen LogP contribution in [0.3, 0.4) is 0 Å². The molecule has 7 heteroatoms. The van der Waals surface area contributed by atoms with E-state index in [1.165, 1.54) is 6.07 Å². The van der Waals surface area contributed by atoms with Gasteiger partial charge in [-0.2, -0.15) is 13.2 Å². The number of likely N-dealkylation sites (N-methyl/N-ethyl adjacent to an activating group) is 1. The number of nitrogens with one attached hydrogen (secondary N) is 1. The molecule has 3 nitrogen and oxygen atoms in total. The fourth-order valence-electron chi connectivity index (χ4n) is 3.46. The summed E-state index contributed by atoms with van der Waals surface area (Å²) < 4.78 is 52.4. The molecule has 0 bridgehead atoms. The van der Waals surface area contributed by atoms with E-state index < -0.39 is 18.4 Å². The van der Waals surface area contributed by atoms with E-state index in [1.54, 1.807) is 30.1 Å². The summed E-state index contributed by atoms with van der Waals surface area (Å²) in [5, 5.41) is 3.16. The molecule has 0 aromatic heterocycles. The van der Waals surface area contributed by atoms with E-state index in [0.29, 0.717) is 17.7 Å². The average molecular weight is 394 g/mol. The monoisotopic (exact) mass is 394 g/mol. The van der Waals surface area contributed by atoms with Crippen LogP contribution in [0, 0.1) is 0 Å². The van der Waals surface area contributed by atoms with Crippen LogP contribution < -0.4 is 5.32 Å². The lowest BCUT2D eigenvalue weighted by atomic mass is 9.98. The van der Waals surface area contributed by atoms with Gasteiger partial charge in [0.1, 0.15) is 6.67 Å². The fraction of sp³-hybridized carbons (Fsp3) is 0.381. The Morgan fingerprint density at radius 3 is 2.54 bits per heavy atom. The second kappa shape index (κ2) is 8.31. The van der Waals surface area contributed by atoms with Gasteiger partial charge in [0.25, 0.3) is 0 Å². The van der Waals surface area contributed by atoms with Crippen molar-refractivity contribution in [1.29, 1.82) is 0 Å². The molecule has 0 unspecified atom stereocenters. The largest absolute Gasteiger partial charge is 0.416 e. The standard InChI is InChI=1S/C21H22F4N2O/c1-27(20(28)19-6-3-7-26-19)13-14-4-2-5-16(8-14)17-9-15(12-22)10-18(11-17)21(23,24)25/h2,4-5,8-11,19,26H,3,6-7,12-13H2,1H3/t19-/m0/s1. The van der Waals surface area contributed by atoms with Crippen molar-refractivity contribution in [2.75, 3.05) is 13.6 Å². The highest BCUT2D eigenvalue weighted by atomic mass is 19.4. The van der Waals surface area contributed by atoms with E-state index in [1.807, 2.05) is 6.07 Å². The number of alkyl halides is 4. The number of amides is 1. The predicted octanol–water partition coefficient (Wildman–Crippen LogP) is 4.55. The highest BCUT2D eigenvalue weighted by Gasteiger charge is 2.31. The van der Waals surface area contributed by atoms with Crippen LogP contribution in [0.25, 0.3) is 11.1 Å². The van der Waals surface area contributed by atoms with Crippen molar-refractivity contribution in [2.24, 2.45) is 0 Å².